The number of hydrogen-bond donors (Lipinski definition) is 0. The molecule has 0 spiro atoms. The molecule has 0 aromatic rings. The highest BCUT2D eigenvalue weighted by atomic mass is 28.3. The van der Waals surface area contributed by atoms with Crippen molar-refractivity contribution >= 4 is 20.0 Å². The predicted octanol–water partition coefficient (Wildman–Crippen LogP) is 1.07. The molecule has 15 heavy (non-hydrogen) atoms. The molecule has 0 aromatic heterocycles. The van der Waals surface area contributed by atoms with Gasteiger partial charge in [0.15, 0.2) is 0 Å². The molecule has 0 amide bonds. The number of cyclic esters (lactones) is 2. The van der Waals surface area contributed by atoms with Gasteiger partial charge in [-0.15, -0.1) is 11.5 Å². The second-order valence-corrected chi connectivity index (χ2v) is 9.09. The summed E-state index contributed by atoms with van der Waals surface area (Å²) in [5, 5.41) is 0. The van der Waals surface area contributed by atoms with Crippen molar-refractivity contribution in [3.63, 3.8) is 0 Å². The zero-order valence-corrected chi connectivity index (χ0v) is 10.1. The molecule has 5 heteroatoms. The third-order valence-corrected chi connectivity index (χ3v) is 2.47. The lowest BCUT2D eigenvalue weighted by atomic mass is 10.3. The normalized spacial score (nSPS) is 17.5. The van der Waals surface area contributed by atoms with Crippen LogP contribution in [-0.4, -0.2) is 26.3 Å². The van der Waals surface area contributed by atoms with Crippen molar-refractivity contribution in [3.8, 4) is 11.5 Å². The van der Waals surface area contributed by atoms with Crippen LogP contribution < -0.4 is 0 Å². The predicted molar refractivity (Wildman–Crippen MR) is 56.3 cm³/mol. The third kappa shape index (κ3) is 4.65. The summed E-state index contributed by atoms with van der Waals surface area (Å²) in [5.74, 6) is 1.82. The molecule has 0 saturated carbocycles. The summed E-state index contributed by atoms with van der Waals surface area (Å²) in [4.78, 5) is 21.8. The topological polar surface area (TPSA) is 52.6 Å². The van der Waals surface area contributed by atoms with Gasteiger partial charge < -0.3 is 9.47 Å². The maximum atomic E-state index is 10.9. The maximum Gasteiger partial charge on any atom is 0.320 e. The van der Waals surface area contributed by atoms with Crippen LogP contribution in [0.3, 0.4) is 0 Å². The molecule has 1 fully saturated rings. The Balaban J connectivity index is 2.48. The standard InChI is InChI=1S/C10H14O4Si/c1-15(2,3)6-4-5-10-13-8(11)7-9(12)14-10/h10H,5,7H2,1-3H3. The fourth-order valence-corrected chi connectivity index (χ4v) is 1.63. The summed E-state index contributed by atoms with van der Waals surface area (Å²) in [6.07, 6.45) is -0.845. The van der Waals surface area contributed by atoms with E-state index in [4.69, 9.17) is 9.47 Å². The van der Waals surface area contributed by atoms with Gasteiger partial charge in [-0.2, -0.15) is 0 Å². The van der Waals surface area contributed by atoms with Crippen molar-refractivity contribution in [3.05, 3.63) is 0 Å². The zero-order chi connectivity index (χ0) is 11.5. The van der Waals surface area contributed by atoms with E-state index in [2.05, 4.69) is 31.1 Å². The molecule has 82 valence electrons. The zero-order valence-electron chi connectivity index (χ0n) is 9.12. The van der Waals surface area contributed by atoms with E-state index >= 15 is 0 Å². The maximum absolute atomic E-state index is 10.9. The Morgan fingerprint density at radius 1 is 1.27 bits per heavy atom. The highest BCUT2D eigenvalue weighted by Crippen LogP contribution is 2.10. The van der Waals surface area contributed by atoms with Gasteiger partial charge in [0.2, 0.25) is 0 Å². The van der Waals surface area contributed by atoms with Crippen LogP contribution in [-0.2, 0) is 19.1 Å². The van der Waals surface area contributed by atoms with Crippen LogP contribution in [0.1, 0.15) is 12.8 Å². The van der Waals surface area contributed by atoms with Crippen LogP contribution >= 0.6 is 0 Å². The van der Waals surface area contributed by atoms with E-state index in [0.29, 0.717) is 0 Å². The summed E-state index contributed by atoms with van der Waals surface area (Å²) in [7, 11) is -1.42. The van der Waals surface area contributed by atoms with Crippen molar-refractivity contribution in [2.24, 2.45) is 0 Å². The first kappa shape index (κ1) is 11.8. The monoisotopic (exact) mass is 226 g/mol. The molecule has 1 rings (SSSR count). The van der Waals surface area contributed by atoms with Crippen LogP contribution in [0.5, 0.6) is 0 Å². The largest absolute Gasteiger partial charge is 0.424 e. The van der Waals surface area contributed by atoms with E-state index < -0.39 is 26.3 Å². The SMILES string of the molecule is C[Si](C)(C)C#CCC1OC(=O)CC(=O)O1. The number of rotatable bonds is 1. The van der Waals surface area contributed by atoms with Gasteiger partial charge >= 0.3 is 11.9 Å². The van der Waals surface area contributed by atoms with Crippen LogP contribution in [0, 0.1) is 11.5 Å². The third-order valence-electron chi connectivity index (χ3n) is 1.55. The second kappa shape index (κ2) is 4.49. The number of carbonyl (C=O) groups is 2. The summed E-state index contributed by atoms with van der Waals surface area (Å²) < 4.78 is 9.60. The molecule has 0 N–H and O–H groups in total. The summed E-state index contributed by atoms with van der Waals surface area (Å²) in [6.45, 7) is 6.33. The Morgan fingerprint density at radius 2 is 1.80 bits per heavy atom. The summed E-state index contributed by atoms with van der Waals surface area (Å²) >= 11 is 0. The average Bonchev–Trinajstić information content (AvgIpc) is 1.99. The molecular weight excluding hydrogens is 212 g/mol. The highest BCUT2D eigenvalue weighted by Gasteiger charge is 2.26. The van der Waals surface area contributed by atoms with Gasteiger partial charge in [-0.3, -0.25) is 9.59 Å². The van der Waals surface area contributed by atoms with Gasteiger partial charge in [0.25, 0.3) is 6.29 Å². The molecule has 1 aliphatic heterocycles. The average molecular weight is 226 g/mol. The van der Waals surface area contributed by atoms with Crippen molar-refractivity contribution < 1.29 is 19.1 Å². The van der Waals surface area contributed by atoms with E-state index in [0.717, 1.165) is 0 Å². The lowest BCUT2D eigenvalue weighted by Gasteiger charge is -2.20. The second-order valence-electron chi connectivity index (χ2n) is 4.34. The molecule has 0 bridgehead atoms. The van der Waals surface area contributed by atoms with Crippen molar-refractivity contribution in [2.45, 2.75) is 38.8 Å². The molecule has 1 aliphatic rings. The Labute approximate surface area is 89.9 Å². The Morgan fingerprint density at radius 3 is 2.27 bits per heavy atom. The van der Waals surface area contributed by atoms with E-state index in [1.165, 1.54) is 0 Å². The minimum Gasteiger partial charge on any atom is -0.424 e. The van der Waals surface area contributed by atoms with Crippen LogP contribution in [0.4, 0.5) is 0 Å². The molecule has 0 unspecified atom stereocenters. The van der Waals surface area contributed by atoms with E-state index in [1.807, 2.05) is 0 Å². The Bertz CT molecular complexity index is 316. The van der Waals surface area contributed by atoms with Gasteiger partial charge in [-0.05, 0) is 0 Å². The summed E-state index contributed by atoms with van der Waals surface area (Å²) in [6, 6.07) is 0. The van der Waals surface area contributed by atoms with Gasteiger partial charge in [-0.1, -0.05) is 19.6 Å². The van der Waals surface area contributed by atoms with Gasteiger partial charge in [0.05, 0.1) is 6.42 Å². The fourth-order valence-electron chi connectivity index (χ4n) is 1.00. The molecule has 0 radical (unpaired) electrons. The van der Waals surface area contributed by atoms with Gasteiger partial charge in [0, 0.05) is 0 Å². The first-order valence-corrected chi connectivity index (χ1v) is 8.26. The van der Waals surface area contributed by atoms with Gasteiger partial charge in [0.1, 0.15) is 14.5 Å². The van der Waals surface area contributed by atoms with Crippen molar-refractivity contribution in [2.75, 3.05) is 0 Å². The Kier molecular flexibility index (Phi) is 3.53. The smallest absolute Gasteiger partial charge is 0.320 e. The van der Waals surface area contributed by atoms with E-state index in [-0.39, 0.29) is 12.8 Å². The molecule has 1 saturated heterocycles. The van der Waals surface area contributed by atoms with E-state index in [9.17, 15) is 9.59 Å². The first-order valence-electron chi connectivity index (χ1n) is 4.76. The quantitative estimate of drug-likeness (QED) is 0.290. The molecule has 1 heterocycles. The van der Waals surface area contributed by atoms with Crippen molar-refractivity contribution in [1.82, 2.24) is 0 Å². The Hall–Kier alpha value is -1.28. The first-order chi connectivity index (χ1) is 6.87. The highest BCUT2D eigenvalue weighted by molar-refractivity contribution is 6.83. The lowest BCUT2D eigenvalue weighted by molar-refractivity contribution is -0.201. The molecular formula is C10H14O4Si. The van der Waals surface area contributed by atoms with Crippen LogP contribution in [0.2, 0.25) is 19.6 Å². The molecule has 4 nitrogen and oxygen atoms in total. The molecule has 0 atom stereocenters. The summed E-state index contributed by atoms with van der Waals surface area (Å²) in [5.41, 5.74) is 3.11. The minimum atomic E-state index is -1.42. The van der Waals surface area contributed by atoms with Crippen LogP contribution in [0.25, 0.3) is 0 Å². The molecule has 0 aromatic carbocycles. The van der Waals surface area contributed by atoms with Crippen LogP contribution in [0.15, 0.2) is 0 Å². The lowest BCUT2D eigenvalue weighted by Crippen LogP contribution is -2.32. The number of hydrogen-bond acceptors (Lipinski definition) is 4. The minimum absolute atomic E-state index is 0.266. The van der Waals surface area contributed by atoms with Gasteiger partial charge in [-0.25, -0.2) is 0 Å². The number of esters is 2. The number of ether oxygens (including phenoxy) is 2. The number of carbonyl (C=O) groups excluding carboxylic acids is 2. The molecule has 0 aliphatic carbocycles. The van der Waals surface area contributed by atoms with Crippen molar-refractivity contribution in [1.29, 1.82) is 0 Å². The fraction of sp³-hybridized carbons (Fsp3) is 0.600. The van der Waals surface area contributed by atoms with E-state index in [1.54, 1.807) is 0 Å².